The number of halogens is 3. The van der Waals surface area contributed by atoms with Crippen LogP contribution in [0.15, 0.2) is 53.4 Å². The maximum Gasteiger partial charge on any atom is 0.471 e. The normalized spacial score (nSPS) is 19.7. The van der Waals surface area contributed by atoms with Gasteiger partial charge >= 0.3 is 12.1 Å². The Balaban J connectivity index is 2.11. The van der Waals surface area contributed by atoms with Crippen molar-refractivity contribution in [2.75, 3.05) is 24.5 Å². The molecule has 0 aromatic heterocycles. The van der Waals surface area contributed by atoms with Crippen molar-refractivity contribution in [3.63, 3.8) is 0 Å². The van der Waals surface area contributed by atoms with Crippen molar-refractivity contribution in [2.24, 2.45) is 0 Å². The van der Waals surface area contributed by atoms with Crippen LogP contribution in [0.3, 0.4) is 0 Å². The van der Waals surface area contributed by atoms with Gasteiger partial charge in [0.25, 0.3) is 0 Å². The molecule has 1 amide bonds. The fourth-order valence-electron chi connectivity index (χ4n) is 4.13. The lowest BCUT2D eigenvalue weighted by Gasteiger charge is -2.32. The number of anilines is 1. The number of aryl methyl sites for hydroxylation is 1. The molecule has 0 radical (unpaired) electrons. The fourth-order valence-corrected chi connectivity index (χ4v) is 5.78. The molecular formula is C23H28F3N3O3S. The summed E-state index contributed by atoms with van der Waals surface area (Å²) in [6.45, 7) is 8.42. The minimum atomic E-state index is -5.13. The number of amides is 1. The van der Waals surface area contributed by atoms with Gasteiger partial charge in [-0.05, 0) is 57.5 Å². The summed E-state index contributed by atoms with van der Waals surface area (Å²) in [7, 11) is -4.17. The molecule has 0 spiro atoms. The minimum absolute atomic E-state index is 0.0358. The monoisotopic (exact) mass is 483 g/mol. The zero-order valence-electron chi connectivity index (χ0n) is 19.0. The number of alkyl halides is 3. The lowest BCUT2D eigenvalue weighted by atomic mass is 10.1. The highest BCUT2D eigenvalue weighted by Gasteiger charge is 2.53. The van der Waals surface area contributed by atoms with Crippen LogP contribution in [-0.2, 0) is 14.8 Å². The van der Waals surface area contributed by atoms with Crippen LogP contribution in [0.2, 0.25) is 0 Å². The van der Waals surface area contributed by atoms with Crippen LogP contribution in [-0.4, -0.2) is 55.4 Å². The molecular weight excluding hydrogens is 455 g/mol. The van der Waals surface area contributed by atoms with Crippen molar-refractivity contribution >= 4 is 21.6 Å². The molecule has 180 valence electrons. The first-order valence-electron chi connectivity index (χ1n) is 10.7. The lowest BCUT2D eigenvalue weighted by molar-refractivity contribution is -0.189. The van der Waals surface area contributed by atoms with E-state index in [0.717, 1.165) is 28.6 Å². The molecule has 3 rings (SSSR count). The van der Waals surface area contributed by atoms with E-state index in [9.17, 15) is 26.4 Å². The molecule has 0 bridgehead atoms. The van der Waals surface area contributed by atoms with E-state index in [2.05, 4.69) is 4.90 Å². The molecule has 1 aliphatic rings. The molecule has 10 heteroatoms. The fraction of sp³-hybridized carbons (Fsp3) is 0.435. The van der Waals surface area contributed by atoms with Gasteiger partial charge in [0.1, 0.15) is 6.17 Å². The summed E-state index contributed by atoms with van der Waals surface area (Å²) in [4.78, 5) is 15.0. The number of hydrogen-bond acceptors (Lipinski definition) is 4. The third-order valence-electron chi connectivity index (χ3n) is 5.88. The van der Waals surface area contributed by atoms with Gasteiger partial charge in [0.05, 0.1) is 4.90 Å². The number of rotatable bonds is 6. The summed E-state index contributed by atoms with van der Waals surface area (Å²) in [6, 6.07) is 11.8. The van der Waals surface area contributed by atoms with E-state index in [1.54, 1.807) is 43.3 Å². The molecule has 0 saturated carbocycles. The first-order valence-corrected chi connectivity index (χ1v) is 12.2. The Morgan fingerprint density at radius 2 is 1.58 bits per heavy atom. The van der Waals surface area contributed by atoms with Gasteiger partial charge in [0.2, 0.25) is 10.0 Å². The lowest BCUT2D eigenvalue weighted by Crippen LogP contribution is -2.45. The smallest absolute Gasteiger partial charge is 0.372 e. The molecule has 2 aromatic rings. The maximum atomic E-state index is 13.5. The second-order valence-electron chi connectivity index (χ2n) is 8.08. The van der Waals surface area contributed by atoms with Crippen LogP contribution in [0, 0.1) is 6.92 Å². The summed E-state index contributed by atoms with van der Waals surface area (Å²) < 4.78 is 68.3. The standard InChI is InChI=1S/C23H28F3N3O3S/c1-5-27(6-2)19-11-9-18(10-12-19)21-28(15-17(4)29(21)22(30)23(24,25)26)33(31,32)20-13-7-16(3)8-14-20/h7-14,17,21H,5-6,15H2,1-4H3/t17-,21+/m1/s1. The Morgan fingerprint density at radius 3 is 2.06 bits per heavy atom. The summed E-state index contributed by atoms with van der Waals surface area (Å²) in [5, 5.41) is 0. The van der Waals surface area contributed by atoms with E-state index in [4.69, 9.17) is 0 Å². The van der Waals surface area contributed by atoms with Crippen molar-refractivity contribution in [2.45, 2.75) is 51.0 Å². The minimum Gasteiger partial charge on any atom is -0.372 e. The van der Waals surface area contributed by atoms with Crippen LogP contribution in [0.5, 0.6) is 0 Å². The molecule has 1 fully saturated rings. The zero-order valence-corrected chi connectivity index (χ0v) is 19.8. The summed E-state index contributed by atoms with van der Waals surface area (Å²) in [5.41, 5.74) is 2.00. The first kappa shape index (κ1) is 25.0. The number of sulfonamides is 1. The van der Waals surface area contributed by atoms with Gasteiger partial charge < -0.3 is 9.80 Å². The highest BCUT2D eigenvalue weighted by Crippen LogP contribution is 2.40. The van der Waals surface area contributed by atoms with Crippen LogP contribution < -0.4 is 4.90 Å². The van der Waals surface area contributed by atoms with Gasteiger partial charge in [-0.3, -0.25) is 4.79 Å². The largest absolute Gasteiger partial charge is 0.471 e. The summed E-state index contributed by atoms with van der Waals surface area (Å²) in [5.74, 6) is -2.06. The highest BCUT2D eigenvalue weighted by atomic mass is 32.2. The van der Waals surface area contributed by atoms with Crippen LogP contribution in [0.1, 0.15) is 38.1 Å². The average molecular weight is 484 g/mol. The van der Waals surface area contributed by atoms with Crippen molar-refractivity contribution in [1.82, 2.24) is 9.21 Å². The van der Waals surface area contributed by atoms with Crippen molar-refractivity contribution in [1.29, 1.82) is 0 Å². The van der Waals surface area contributed by atoms with E-state index in [0.29, 0.717) is 10.5 Å². The van der Waals surface area contributed by atoms with Gasteiger partial charge in [0, 0.05) is 31.4 Å². The molecule has 0 unspecified atom stereocenters. The van der Waals surface area contributed by atoms with E-state index in [1.165, 1.54) is 19.1 Å². The van der Waals surface area contributed by atoms with Crippen molar-refractivity contribution in [3.8, 4) is 0 Å². The molecule has 2 aromatic carbocycles. The maximum absolute atomic E-state index is 13.5. The topological polar surface area (TPSA) is 60.9 Å². The van der Waals surface area contributed by atoms with E-state index in [-0.39, 0.29) is 11.4 Å². The second-order valence-corrected chi connectivity index (χ2v) is 9.98. The Hall–Kier alpha value is -2.59. The molecule has 0 N–H and O–H groups in total. The van der Waals surface area contributed by atoms with Gasteiger partial charge in [-0.25, -0.2) is 8.42 Å². The average Bonchev–Trinajstić information content (AvgIpc) is 3.12. The Kier molecular flexibility index (Phi) is 7.09. The van der Waals surface area contributed by atoms with Gasteiger partial charge in [-0.15, -0.1) is 0 Å². The summed E-state index contributed by atoms with van der Waals surface area (Å²) >= 11 is 0. The summed E-state index contributed by atoms with van der Waals surface area (Å²) in [6.07, 6.45) is -6.54. The molecule has 1 saturated heterocycles. The number of nitrogens with zero attached hydrogens (tertiary/aromatic N) is 3. The molecule has 6 nitrogen and oxygen atoms in total. The van der Waals surface area contributed by atoms with Gasteiger partial charge in [-0.1, -0.05) is 29.8 Å². The third kappa shape index (κ3) is 4.86. The second kappa shape index (κ2) is 9.34. The number of hydrogen-bond donors (Lipinski definition) is 0. The van der Waals surface area contributed by atoms with E-state index < -0.39 is 34.3 Å². The van der Waals surface area contributed by atoms with E-state index in [1.807, 2.05) is 13.8 Å². The van der Waals surface area contributed by atoms with Crippen molar-refractivity contribution < 1.29 is 26.4 Å². The van der Waals surface area contributed by atoms with Gasteiger partial charge in [-0.2, -0.15) is 17.5 Å². The predicted octanol–water partition coefficient (Wildman–Crippen LogP) is 4.32. The Labute approximate surface area is 192 Å². The quantitative estimate of drug-likeness (QED) is 0.614. The van der Waals surface area contributed by atoms with E-state index >= 15 is 0 Å². The molecule has 1 aliphatic heterocycles. The van der Waals surface area contributed by atoms with Crippen LogP contribution in [0.25, 0.3) is 0 Å². The number of benzene rings is 2. The predicted molar refractivity (Wildman–Crippen MR) is 120 cm³/mol. The Morgan fingerprint density at radius 1 is 1.03 bits per heavy atom. The van der Waals surface area contributed by atoms with Crippen LogP contribution in [0.4, 0.5) is 18.9 Å². The molecule has 33 heavy (non-hydrogen) atoms. The third-order valence-corrected chi connectivity index (χ3v) is 7.71. The molecule has 0 aliphatic carbocycles. The van der Waals surface area contributed by atoms with Gasteiger partial charge in [0.15, 0.2) is 0 Å². The SMILES string of the molecule is CCN(CC)c1ccc([C@@H]2N(C(=O)C(F)(F)F)[C@H](C)CN2S(=O)(=O)c2ccc(C)cc2)cc1. The molecule has 1 heterocycles. The zero-order chi connectivity index (χ0) is 24.6. The highest BCUT2D eigenvalue weighted by molar-refractivity contribution is 7.89. The Bertz CT molecular complexity index is 1080. The first-order chi connectivity index (χ1) is 15.4. The molecule has 2 atom stereocenters. The van der Waals surface area contributed by atoms with Crippen molar-refractivity contribution in [3.05, 3.63) is 59.7 Å². The van der Waals surface area contributed by atoms with Crippen LogP contribution >= 0.6 is 0 Å². The number of carbonyl (C=O) groups excluding carboxylic acids is 1. The number of carbonyl (C=O) groups is 1.